The highest BCUT2D eigenvalue weighted by atomic mass is 19.4. The lowest BCUT2D eigenvalue weighted by atomic mass is 9.38. The standard InChI is InChI=1S/C25H29F3N8O/c1-14-8-35(13-31-14)19-16(37-5)6-15(7-30-19)32-21-33-18(29-4)17-20(34-21)36(12-22(17,2)3)24-9-23(10-24,11-24)25(26,27)28/h6-8,13H,9-12H2,1-5H3,(H2,29,32,33,34). The Balaban J connectivity index is 1.33. The Kier molecular flexibility index (Phi) is 4.81. The molecule has 12 heteroatoms. The van der Waals surface area contributed by atoms with Crippen molar-refractivity contribution < 1.29 is 17.9 Å². The predicted octanol–water partition coefficient (Wildman–Crippen LogP) is 4.74. The summed E-state index contributed by atoms with van der Waals surface area (Å²) in [5.41, 5.74) is 0.0523. The first-order valence-corrected chi connectivity index (χ1v) is 12.2. The summed E-state index contributed by atoms with van der Waals surface area (Å²) < 4.78 is 48.0. The zero-order valence-electron chi connectivity index (χ0n) is 21.4. The van der Waals surface area contributed by atoms with Crippen LogP contribution in [0, 0.1) is 12.3 Å². The molecule has 0 radical (unpaired) electrons. The average molecular weight is 515 g/mol. The van der Waals surface area contributed by atoms with Crippen molar-refractivity contribution in [1.82, 2.24) is 24.5 Å². The lowest BCUT2D eigenvalue weighted by Crippen LogP contribution is -2.79. The minimum atomic E-state index is -4.16. The average Bonchev–Trinajstić information content (AvgIpc) is 3.31. The molecule has 3 saturated carbocycles. The van der Waals surface area contributed by atoms with Crippen LogP contribution in [-0.2, 0) is 5.41 Å². The highest BCUT2D eigenvalue weighted by Gasteiger charge is 2.81. The van der Waals surface area contributed by atoms with Crippen molar-refractivity contribution in [3.05, 3.63) is 36.0 Å². The molecule has 3 aromatic heterocycles. The van der Waals surface area contributed by atoms with Crippen LogP contribution in [0.2, 0.25) is 0 Å². The number of alkyl halides is 3. The van der Waals surface area contributed by atoms with Crippen LogP contribution in [-0.4, -0.2) is 56.9 Å². The summed E-state index contributed by atoms with van der Waals surface area (Å²) in [5.74, 6) is 2.80. The number of nitrogens with zero attached hydrogens (tertiary/aromatic N) is 6. The van der Waals surface area contributed by atoms with Crippen LogP contribution >= 0.6 is 0 Å². The molecule has 7 rings (SSSR count). The molecule has 37 heavy (non-hydrogen) atoms. The molecule has 3 fully saturated rings. The van der Waals surface area contributed by atoms with Crippen molar-refractivity contribution in [2.75, 3.05) is 36.2 Å². The highest BCUT2D eigenvalue weighted by molar-refractivity contribution is 5.72. The number of nitrogens with one attached hydrogen (secondary N) is 2. The van der Waals surface area contributed by atoms with Crippen LogP contribution in [0.5, 0.6) is 5.75 Å². The maximum Gasteiger partial charge on any atom is 0.394 e. The van der Waals surface area contributed by atoms with Gasteiger partial charge < -0.3 is 20.3 Å². The normalized spacial score (nSPS) is 25.2. The molecule has 3 aliphatic carbocycles. The van der Waals surface area contributed by atoms with Crippen LogP contribution < -0.4 is 20.3 Å². The summed E-state index contributed by atoms with van der Waals surface area (Å²) >= 11 is 0. The van der Waals surface area contributed by atoms with Crippen molar-refractivity contribution in [2.24, 2.45) is 5.41 Å². The van der Waals surface area contributed by atoms with Gasteiger partial charge in [0.15, 0.2) is 11.6 Å². The number of aryl methyl sites for hydroxylation is 1. The summed E-state index contributed by atoms with van der Waals surface area (Å²) in [6.45, 7) is 6.65. The topological polar surface area (TPSA) is 93.0 Å². The molecule has 0 saturated heterocycles. The fourth-order valence-corrected chi connectivity index (χ4v) is 6.28. The smallest absolute Gasteiger partial charge is 0.394 e. The Morgan fingerprint density at radius 1 is 1.08 bits per heavy atom. The summed E-state index contributed by atoms with van der Waals surface area (Å²) in [7, 11) is 3.35. The summed E-state index contributed by atoms with van der Waals surface area (Å²) in [4.78, 5) is 20.4. The SMILES string of the molecule is CNc1nc(Nc2cnc(-n3cnc(C)c3)c(OC)c2)nc2c1C(C)(C)CN2C12CC(C(F)(F)F)(C1)C2. The Labute approximate surface area is 212 Å². The van der Waals surface area contributed by atoms with E-state index in [9.17, 15) is 13.2 Å². The van der Waals surface area contributed by atoms with Crippen molar-refractivity contribution in [2.45, 2.75) is 57.2 Å². The Morgan fingerprint density at radius 2 is 1.81 bits per heavy atom. The van der Waals surface area contributed by atoms with E-state index in [0.717, 1.165) is 11.3 Å². The number of hydrogen-bond donors (Lipinski definition) is 2. The lowest BCUT2D eigenvalue weighted by molar-refractivity contribution is -0.332. The van der Waals surface area contributed by atoms with E-state index in [1.54, 1.807) is 37.3 Å². The fourth-order valence-electron chi connectivity index (χ4n) is 6.28. The first kappa shape index (κ1) is 23.8. The molecule has 9 nitrogen and oxygen atoms in total. The Bertz CT molecular complexity index is 1380. The minimum absolute atomic E-state index is 0.122. The van der Waals surface area contributed by atoms with Gasteiger partial charge in [0.2, 0.25) is 5.95 Å². The van der Waals surface area contributed by atoms with Gasteiger partial charge in [-0.05, 0) is 26.2 Å². The zero-order valence-corrected chi connectivity index (χ0v) is 21.4. The molecular weight excluding hydrogens is 485 g/mol. The van der Waals surface area contributed by atoms with Gasteiger partial charge in [0.25, 0.3) is 0 Å². The van der Waals surface area contributed by atoms with Crippen LogP contribution in [0.3, 0.4) is 0 Å². The van der Waals surface area contributed by atoms with E-state index in [1.165, 1.54) is 0 Å². The van der Waals surface area contributed by atoms with Crippen molar-refractivity contribution in [1.29, 1.82) is 0 Å². The summed E-state index contributed by atoms with van der Waals surface area (Å²) in [6.07, 6.45) is 1.38. The summed E-state index contributed by atoms with van der Waals surface area (Å²) in [5, 5.41) is 6.38. The first-order chi connectivity index (χ1) is 17.4. The molecular formula is C25H29F3N8O. The number of hydrogen-bond acceptors (Lipinski definition) is 8. The number of halogens is 3. The molecule has 0 atom stereocenters. The number of ether oxygens (including phenoxy) is 1. The molecule has 3 aromatic rings. The predicted molar refractivity (Wildman–Crippen MR) is 133 cm³/mol. The number of aromatic nitrogens is 5. The maximum atomic E-state index is 13.6. The van der Waals surface area contributed by atoms with Crippen molar-refractivity contribution in [3.8, 4) is 11.6 Å². The van der Waals surface area contributed by atoms with E-state index < -0.39 is 17.1 Å². The molecule has 1 aliphatic heterocycles. The molecule has 2 bridgehead atoms. The molecule has 196 valence electrons. The number of anilines is 4. The van der Waals surface area contributed by atoms with Gasteiger partial charge in [-0.2, -0.15) is 23.1 Å². The highest BCUT2D eigenvalue weighted by Crippen LogP contribution is 2.76. The monoisotopic (exact) mass is 514 g/mol. The van der Waals surface area contributed by atoms with Gasteiger partial charge in [-0.1, -0.05) is 13.8 Å². The maximum absolute atomic E-state index is 13.6. The van der Waals surface area contributed by atoms with Crippen LogP contribution in [0.1, 0.15) is 44.4 Å². The number of pyridine rings is 1. The summed E-state index contributed by atoms with van der Waals surface area (Å²) in [6, 6.07) is 1.79. The van der Waals surface area contributed by atoms with Gasteiger partial charge in [0, 0.05) is 42.4 Å². The number of imidazole rings is 1. The molecule has 0 spiro atoms. The van der Waals surface area contributed by atoms with Gasteiger partial charge in [-0.3, -0.25) is 4.57 Å². The molecule has 0 aromatic carbocycles. The van der Waals surface area contributed by atoms with Crippen molar-refractivity contribution >= 4 is 23.3 Å². The second kappa shape index (κ2) is 7.48. The Morgan fingerprint density at radius 3 is 2.41 bits per heavy atom. The zero-order chi connectivity index (χ0) is 26.4. The van der Waals surface area contributed by atoms with Crippen LogP contribution in [0.25, 0.3) is 5.82 Å². The van der Waals surface area contributed by atoms with E-state index in [1.807, 2.05) is 13.1 Å². The van der Waals surface area contributed by atoms with E-state index in [2.05, 4.69) is 39.3 Å². The lowest BCUT2D eigenvalue weighted by Gasteiger charge is -2.73. The van der Waals surface area contributed by atoms with Crippen molar-refractivity contribution in [3.63, 3.8) is 0 Å². The quantitative estimate of drug-likeness (QED) is 0.487. The third kappa shape index (κ3) is 3.37. The van der Waals surface area contributed by atoms with Gasteiger partial charge in [0.05, 0.1) is 30.1 Å². The van der Waals surface area contributed by atoms with Gasteiger partial charge >= 0.3 is 6.18 Å². The minimum Gasteiger partial charge on any atom is -0.493 e. The van der Waals surface area contributed by atoms with E-state index in [-0.39, 0.29) is 24.7 Å². The van der Waals surface area contributed by atoms with E-state index in [0.29, 0.717) is 41.4 Å². The third-order valence-electron chi connectivity index (χ3n) is 8.05. The number of methoxy groups -OCH3 is 1. The second-order valence-corrected chi connectivity index (χ2v) is 11.1. The fraction of sp³-hybridized carbons (Fsp3) is 0.520. The van der Waals surface area contributed by atoms with Crippen LogP contribution in [0.15, 0.2) is 24.8 Å². The first-order valence-electron chi connectivity index (χ1n) is 12.2. The van der Waals surface area contributed by atoms with Gasteiger partial charge in [-0.25, -0.2) is 9.97 Å². The van der Waals surface area contributed by atoms with Gasteiger partial charge in [0.1, 0.15) is 18.0 Å². The number of fused-ring (bicyclic) bond motifs is 1. The number of rotatable bonds is 6. The third-order valence-corrected chi connectivity index (χ3v) is 8.05. The molecule has 0 unspecified atom stereocenters. The van der Waals surface area contributed by atoms with E-state index in [4.69, 9.17) is 14.7 Å². The largest absolute Gasteiger partial charge is 0.493 e. The Hall–Kier alpha value is -3.57. The molecule has 0 amide bonds. The molecule has 4 heterocycles. The van der Waals surface area contributed by atoms with Crippen LogP contribution in [0.4, 0.5) is 36.4 Å². The molecule has 2 N–H and O–H groups in total. The molecule has 4 aliphatic rings. The van der Waals surface area contributed by atoms with Gasteiger partial charge in [-0.15, -0.1) is 0 Å². The van der Waals surface area contributed by atoms with E-state index >= 15 is 0 Å². The second-order valence-electron chi connectivity index (χ2n) is 11.1.